The first kappa shape index (κ1) is 15.4. The third-order valence-electron chi connectivity index (χ3n) is 3.23. The van der Waals surface area contributed by atoms with Crippen molar-refractivity contribution in [2.75, 3.05) is 7.11 Å². The van der Waals surface area contributed by atoms with Crippen molar-refractivity contribution in [2.24, 2.45) is 0 Å². The Labute approximate surface area is 135 Å². The van der Waals surface area contributed by atoms with E-state index in [-0.39, 0.29) is 22.9 Å². The molecule has 0 saturated heterocycles. The summed E-state index contributed by atoms with van der Waals surface area (Å²) in [5.41, 5.74) is 1.09. The van der Waals surface area contributed by atoms with Crippen molar-refractivity contribution in [3.05, 3.63) is 59.3 Å². The molecule has 0 spiro atoms. The number of benzene rings is 1. The zero-order chi connectivity index (χ0) is 17.1. The van der Waals surface area contributed by atoms with Gasteiger partial charge in [-0.3, -0.25) is 4.68 Å². The van der Waals surface area contributed by atoms with Gasteiger partial charge in [0, 0.05) is 6.20 Å². The van der Waals surface area contributed by atoms with Crippen molar-refractivity contribution >= 4 is 5.97 Å². The number of ether oxygens (including phenoxy) is 1. The van der Waals surface area contributed by atoms with Crippen molar-refractivity contribution in [2.45, 2.75) is 6.54 Å². The molecule has 0 aliphatic rings. The van der Waals surface area contributed by atoms with E-state index in [0.717, 1.165) is 5.56 Å². The van der Waals surface area contributed by atoms with Gasteiger partial charge in [-0.15, -0.1) is 5.10 Å². The summed E-state index contributed by atoms with van der Waals surface area (Å²) < 4.78 is 20.3. The summed E-state index contributed by atoms with van der Waals surface area (Å²) in [4.78, 5) is 11.4. The summed E-state index contributed by atoms with van der Waals surface area (Å²) in [6.45, 7) is 0.355. The first-order valence-electron chi connectivity index (χ1n) is 6.83. The van der Waals surface area contributed by atoms with Crippen LogP contribution in [0, 0.1) is 17.1 Å². The second-order valence-corrected chi connectivity index (χ2v) is 4.84. The molecule has 0 unspecified atom stereocenters. The molecular formula is C15H11FN6O2. The van der Waals surface area contributed by atoms with Gasteiger partial charge in [0.1, 0.15) is 17.4 Å². The summed E-state index contributed by atoms with van der Waals surface area (Å²) >= 11 is 0. The standard InChI is InChI=1S/C15H11FN6O2/c1-24-15(23)13-9-22(20-18-13)14-11(6-17)8-21(19-14)7-10-2-4-12(16)5-3-10/h2-5,8-9H,7H2,1H3. The second kappa shape index (κ2) is 6.29. The number of hydrogen-bond acceptors (Lipinski definition) is 6. The Morgan fingerprint density at radius 3 is 2.75 bits per heavy atom. The molecule has 0 atom stereocenters. The summed E-state index contributed by atoms with van der Waals surface area (Å²) in [5.74, 6) is -0.719. The fourth-order valence-electron chi connectivity index (χ4n) is 2.08. The van der Waals surface area contributed by atoms with Crippen LogP contribution in [0.5, 0.6) is 0 Å². The van der Waals surface area contributed by atoms with E-state index in [0.29, 0.717) is 6.54 Å². The molecule has 0 saturated carbocycles. The maximum atomic E-state index is 12.9. The summed E-state index contributed by atoms with van der Waals surface area (Å²) in [6.07, 6.45) is 2.87. The highest BCUT2D eigenvalue weighted by molar-refractivity contribution is 5.86. The highest BCUT2D eigenvalue weighted by Gasteiger charge is 2.16. The smallest absolute Gasteiger partial charge is 0.360 e. The molecule has 3 rings (SSSR count). The number of carbonyl (C=O) groups is 1. The van der Waals surface area contributed by atoms with E-state index in [9.17, 15) is 14.4 Å². The summed E-state index contributed by atoms with van der Waals surface area (Å²) in [6, 6.07) is 7.98. The van der Waals surface area contributed by atoms with E-state index in [2.05, 4.69) is 20.1 Å². The van der Waals surface area contributed by atoms with E-state index in [1.165, 1.54) is 41.0 Å². The van der Waals surface area contributed by atoms with Crippen LogP contribution in [0.25, 0.3) is 5.82 Å². The molecule has 9 heteroatoms. The molecule has 2 heterocycles. The van der Waals surface area contributed by atoms with Gasteiger partial charge in [-0.25, -0.2) is 9.18 Å². The SMILES string of the molecule is COC(=O)c1cn(-c2nn(Cc3ccc(F)cc3)cc2C#N)nn1. The zero-order valence-corrected chi connectivity index (χ0v) is 12.5. The fraction of sp³-hybridized carbons (Fsp3) is 0.133. The molecule has 2 aromatic heterocycles. The normalized spacial score (nSPS) is 10.4. The van der Waals surface area contributed by atoms with E-state index >= 15 is 0 Å². The van der Waals surface area contributed by atoms with Gasteiger partial charge in [0.2, 0.25) is 0 Å². The van der Waals surface area contributed by atoms with Crippen LogP contribution in [-0.4, -0.2) is 37.9 Å². The number of halogens is 1. The van der Waals surface area contributed by atoms with E-state index < -0.39 is 5.97 Å². The molecule has 8 nitrogen and oxygen atoms in total. The quantitative estimate of drug-likeness (QED) is 0.670. The Hall–Kier alpha value is -3.54. The van der Waals surface area contributed by atoms with E-state index in [4.69, 9.17) is 0 Å². The minimum Gasteiger partial charge on any atom is -0.464 e. The van der Waals surface area contributed by atoms with Gasteiger partial charge < -0.3 is 4.74 Å². The van der Waals surface area contributed by atoms with Crippen molar-refractivity contribution in [1.82, 2.24) is 24.8 Å². The molecule has 0 aliphatic carbocycles. The Bertz CT molecular complexity index is 922. The Kier molecular flexibility index (Phi) is 4.03. The van der Waals surface area contributed by atoms with Gasteiger partial charge in [-0.05, 0) is 17.7 Å². The third kappa shape index (κ3) is 2.98. The highest BCUT2D eigenvalue weighted by atomic mass is 19.1. The highest BCUT2D eigenvalue weighted by Crippen LogP contribution is 2.13. The van der Waals surface area contributed by atoms with Gasteiger partial charge in [0.05, 0.1) is 19.9 Å². The van der Waals surface area contributed by atoms with Crippen LogP contribution in [0.2, 0.25) is 0 Å². The lowest BCUT2D eigenvalue weighted by Crippen LogP contribution is -2.03. The maximum absolute atomic E-state index is 12.9. The van der Waals surface area contributed by atoms with Crippen LogP contribution < -0.4 is 0 Å². The third-order valence-corrected chi connectivity index (χ3v) is 3.23. The van der Waals surface area contributed by atoms with Crippen LogP contribution in [0.1, 0.15) is 21.6 Å². The van der Waals surface area contributed by atoms with Gasteiger partial charge in [-0.1, -0.05) is 17.3 Å². The first-order valence-corrected chi connectivity index (χ1v) is 6.83. The fourth-order valence-corrected chi connectivity index (χ4v) is 2.08. The van der Waals surface area contributed by atoms with E-state index in [1.807, 2.05) is 6.07 Å². The topological polar surface area (TPSA) is 98.6 Å². The predicted octanol–water partition coefficient (Wildman–Crippen LogP) is 1.31. The van der Waals surface area contributed by atoms with Crippen molar-refractivity contribution < 1.29 is 13.9 Å². The number of nitrogens with zero attached hydrogens (tertiary/aromatic N) is 6. The van der Waals surface area contributed by atoms with Crippen molar-refractivity contribution in [3.63, 3.8) is 0 Å². The Balaban J connectivity index is 1.90. The van der Waals surface area contributed by atoms with Gasteiger partial charge in [0.15, 0.2) is 11.5 Å². The lowest BCUT2D eigenvalue weighted by atomic mass is 10.2. The molecule has 0 fully saturated rings. The van der Waals surface area contributed by atoms with Crippen molar-refractivity contribution in [3.8, 4) is 11.9 Å². The van der Waals surface area contributed by atoms with Crippen molar-refractivity contribution in [1.29, 1.82) is 5.26 Å². The van der Waals surface area contributed by atoms with Gasteiger partial charge in [-0.2, -0.15) is 15.0 Å². The molecule has 24 heavy (non-hydrogen) atoms. The Morgan fingerprint density at radius 2 is 2.08 bits per heavy atom. The molecule has 0 aliphatic heterocycles. The number of methoxy groups -OCH3 is 1. The molecular weight excluding hydrogens is 315 g/mol. The van der Waals surface area contributed by atoms with Crippen LogP contribution >= 0.6 is 0 Å². The molecule has 3 aromatic rings. The molecule has 120 valence electrons. The Morgan fingerprint density at radius 1 is 1.33 bits per heavy atom. The second-order valence-electron chi connectivity index (χ2n) is 4.84. The molecule has 0 amide bonds. The predicted molar refractivity (Wildman–Crippen MR) is 78.7 cm³/mol. The van der Waals surface area contributed by atoms with Crippen LogP contribution in [-0.2, 0) is 11.3 Å². The molecule has 0 bridgehead atoms. The number of nitriles is 1. The molecule has 0 N–H and O–H groups in total. The first-order chi connectivity index (χ1) is 11.6. The lowest BCUT2D eigenvalue weighted by molar-refractivity contribution is 0.0594. The van der Waals surface area contributed by atoms with Gasteiger partial charge >= 0.3 is 5.97 Å². The van der Waals surface area contributed by atoms with Crippen LogP contribution in [0.4, 0.5) is 4.39 Å². The maximum Gasteiger partial charge on any atom is 0.360 e. The average molecular weight is 326 g/mol. The molecule has 1 aromatic carbocycles. The number of rotatable bonds is 4. The number of esters is 1. The summed E-state index contributed by atoms with van der Waals surface area (Å²) in [5, 5.41) is 21.0. The van der Waals surface area contributed by atoms with Crippen LogP contribution in [0.15, 0.2) is 36.7 Å². The number of hydrogen-bond donors (Lipinski definition) is 0. The lowest BCUT2D eigenvalue weighted by Gasteiger charge is -2.01. The van der Waals surface area contributed by atoms with E-state index in [1.54, 1.807) is 12.1 Å². The average Bonchev–Trinajstić information content (AvgIpc) is 3.22. The minimum absolute atomic E-state index is 0.00877. The molecule has 0 radical (unpaired) electrons. The van der Waals surface area contributed by atoms with Gasteiger partial charge in [0.25, 0.3) is 0 Å². The monoisotopic (exact) mass is 326 g/mol. The number of aromatic nitrogens is 5. The number of carbonyl (C=O) groups excluding carboxylic acids is 1. The van der Waals surface area contributed by atoms with Crippen LogP contribution in [0.3, 0.4) is 0 Å². The minimum atomic E-state index is -0.634. The zero-order valence-electron chi connectivity index (χ0n) is 12.5. The summed E-state index contributed by atoms with van der Waals surface area (Å²) in [7, 11) is 1.24. The largest absolute Gasteiger partial charge is 0.464 e.